The predicted molar refractivity (Wildman–Crippen MR) is 68.9 cm³/mol. The summed E-state index contributed by atoms with van der Waals surface area (Å²) >= 11 is 0. The summed E-state index contributed by atoms with van der Waals surface area (Å²) in [5.74, 6) is -1.11. The number of hydrogen-bond acceptors (Lipinski definition) is 4. The summed E-state index contributed by atoms with van der Waals surface area (Å²) in [7, 11) is 0. The lowest BCUT2D eigenvalue weighted by Crippen LogP contribution is -2.15. The highest BCUT2D eigenvalue weighted by atomic mass is 16.4. The Morgan fingerprint density at radius 2 is 2.11 bits per heavy atom. The fourth-order valence-electron chi connectivity index (χ4n) is 1.89. The van der Waals surface area contributed by atoms with Crippen molar-refractivity contribution >= 4 is 5.97 Å². The van der Waals surface area contributed by atoms with Crippen LogP contribution in [0.15, 0.2) is 28.7 Å². The van der Waals surface area contributed by atoms with Crippen molar-refractivity contribution in [2.24, 2.45) is 0 Å². The molecule has 0 fully saturated rings. The highest BCUT2D eigenvalue weighted by Crippen LogP contribution is 2.22. The van der Waals surface area contributed by atoms with Crippen LogP contribution in [-0.4, -0.2) is 21.3 Å². The lowest BCUT2D eigenvalue weighted by atomic mass is 9.96. The summed E-state index contributed by atoms with van der Waals surface area (Å²) in [5.41, 5.74) is 2.04. The fraction of sp³-hybridized carbons (Fsp3) is 0.357. The Kier molecular flexibility index (Phi) is 3.94. The van der Waals surface area contributed by atoms with Crippen molar-refractivity contribution in [2.75, 3.05) is 0 Å². The zero-order valence-electron chi connectivity index (χ0n) is 11.0. The summed E-state index contributed by atoms with van der Waals surface area (Å²) in [6.07, 6.45) is 0.955. The van der Waals surface area contributed by atoms with Crippen LogP contribution in [0.25, 0.3) is 0 Å². The topological polar surface area (TPSA) is 76.2 Å². The van der Waals surface area contributed by atoms with Gasteiger partial charge in [-0.15, -0.1) is 10.2 Å². The number of aryl methyl sites for hydroxylation is 2. The Hall–Kier alpha value is -2.17. The lowest BCUT2D eigenvalue weighted by Gasteiger charge is -2.10. The van der Waals surface area contributed by atoms with Gasteiger partial charge in [-0.25, -0.2) is 0 Å². The Balaban J connectivity index is 2.26. The molecule has 0 aliphatic carbocycles. The quantitative estimate of drug-likeness (QED) is 0.893. The molecule has 1 heterocycles. The van der Waals surface area contributed by atoms with Gasteiger partial charge < -0.3 is 9.52 Å². The maximum absolute atomic E-state index is 11.4. The van der Waals surface area contributed by atoms with E-state index < -0.39 is 11.9 Å². The van der Waals surface area contributed by atoms with Crippen LogP contribution in [0.2, 0.25) is 0 Å². The minimum Gasteiger partial charge on any atom is -0.481 e. The molecular weight excluding hydrogens is 244 g/mol. The Labute approximate surface area is 111 Å². The van der Waals surface area contributed by atoms with Gasteiger partial charge >= 0.3 is 5.97 Å². The number of benzene rings is 1. The fourth-order valence-corrected chi connectivity index (χ4v) is 1.89. The number of carboxylic acids is 1. The number of aliphatic carboxylic acids is 1. The smallest absolute Gasteiger partial charge is 0.316 e. The highest BCUT2D eigenvalue weighted by Gasteiger charge is 2.26. The van der Waals surface area contributed by atoms with Gasteiger partial charge in [0.25, 0.3) is 0 Å². The van der Waals surface area contributed by atoms with Crippen molar-refractivity contribution in [2.45, 2.75) is 32.6 Å². The average Bonchev–Trinajstić information content (AvgIpc) is 2.86. The van der Waals surface area contributed by atoms with Gasteiger partial charge in [0, 0.05) is 6.42 Å². The minimum atomic E-state index is -0.949. The standard InChI is InChI=1S/C14H16N2O3/c1-3-12-15-16-13(19-12)11(14(17)18)8-10-7-5-4-6-9(10)2/h4-7,11H,3,8H2,1-2H3,(H,17,18). The first kappa shape index (κ1) is 13.3. The molecule has 1 aromatic carbocycles. The SMILES string of the molecule is CCc1nnc(C(Cc2ccccc2C)C(=O)O)o1. The molecule has 0 bridgehead atoms. The number of carbonyl (C=O) groups is 1. The van der Waals surface area contributed by atoms with Crippen LogP contribution in [-0.2, 0) is 17.6 Å². The largest absolute Gasteiger partial charge is 0.481 e. The summed E-state index contributed by atoms with van der Waals surface area (Å²) in [5, 5.41) is 17.0. The molecule has 1 N–H and O–H groups in total. The van der Waals surface area contributed by atoms with E-state index in [-0.39, 0.29) is 5.89 Å². The third kappa shape index (κ3) is 2.99. The van der Waals surface area contributed by atoms with Crippen LogP contribution in [0.5, 0.6) is 0 Å². The lowest BCUT2D eigenvalue weighted by molar-refractivity contribution is -0.139. The van der Waals surface area contributed by atoms with Crippen molar-refractivity contribution in [3.05, 3.63) is 47.2 Å². The molecule has 2 rings (SSSR count). The first-order valence-corrected chi connectivity index (χ1v) is 6.21. The van der Waals surface area contributed by atoms with E-state index in [0.29, 0.717) is 18.7 Å². The van der Waals surface area contributed by atoms with E-state index >= 15 is 0 Å². The third-order valence-corrected chi connectivity index (χ3v) is 3.07. The van der Waals surface area contributed by atoms with Crippen LogP contribution < -0.4 is 0 Å². The summed E-state index contributed by atoms with van der Waals surface area (Å²) in [4.78, 5) is 11.4. The van der Waals surface area contributed by atoms with Gasteiger partial charge in [0.2, 0.25) is 11.8 Å². The predicted octanol–water partition coefficient (Wildman–Crippen LogP) is 2.35. The van der Waals surface area contributed by atoms with Gasteiger partial charge in [0.15, 0.2) is 0 Å². The number of aromatic nitrogens is 2. The molecule has 0 spiro atoms. The average molecular weight is 260 g/mol. The van der Waals surface area contributed by atoms with E-state index in [9.17, 15) is 9.90 Å². The summed E-state index contributed by atoms with van der Waals surface area (Å²) < 4.78 is 5.37. The first-order valence-electron chi connectivity index (χ1n) is 6.21. The van der Waals surface area contributed by atoms with Crippen LogP contribution in [0.4, 0.5) is 0 Å². The Bertz CT molecular complexity index is 578. The molecule has 1 atom stereocenters. The van der Waals surface area contributed by atoms with E-state index in [1.807, 2.05) is 38.1 Å². The van der Waals surface area contributed by atoms with Crippen molar-refractivity contribution in [1.82, 2.24) is 10.2 Å². The molecule has 100 valence electrons. The molecule has 5 nitrogen and oxygen atoms in total. The van der Waals surface area contributed by atoms with E-state index in [0.717, 1.165) is 11.1 Å². The van der Waals surface area contributed by atoms with Gasteiger partial charge in [0.1, 0.15) is 5.92 Å². The number of nitrogens with zero attached hydrogens (tertiary/aromatic N) is 2. The molecule has 1 aromatic heterocycles. The molecule has 0 radical (unpaired) electrons. The molecule has 19 heavy (non-hydrogen) atoms. The van der Waals surface area contributed by atoms with Crippen LogP contribution in [0.3, 0.4) is 0 Å². The van der Waals surface area contributed by atoms with Gasteiger partial charge in [-0.3, -0.25) is 4.79 Å². The molecule has 1 unspecified atom stereocenters. The zero-order chi connectivity index (χ0) is 13.8. The Morgan fingerprint density at radius 1 is 1.37 bits per heavy atom. The number of carboxylic acid groups (broad SMARTS) is 1. The summed E-state index contributed by atoms with van der Waals surface area (Å²) in [6.45, 7) is 3.84. The second-order valence-electron chi connectivity index (χ2n) is 4.41. The molecule has 0 aliphatic rings. The zero-order valence-corrected chi connectivity index (χ0v) is 11.0. The monoisotopic (exact) mass is 260 g/mol. The molecule has 0 aliphatic heterocycles. The minimum absolute atomic E-state index is 0.174. The maximum atomic E-state index is 11.4. The van der Waals surface area contributed by atoms with Gasteiger partial charge in [-0.2, -0.15) is 0 Å². The van der Waals surface area contributed by atoms with E-state index in [1.165, 1.54) is 0 Å². The second kappa shape index (κ2) is 5.65. The maximum Gasteiger partial charge on any atom is 0.316 e. The van der Waals surface area contributed by atoms with E-state index in [2.05, 4.69) is 10.2 Å². The van der Waals surface area contributed by atoms with Crippen molar-refractivity contribution in [1.29, 1.82) is 0 Å². The molecular formula is C14H16N2O3. The van der Waals surface area contributed by atoms with Crippen molar-refractivity contribution in [3.8, 4) is 0 Å². The summed E-state index contributed by atoms with van der Waals surface area (Å²) in [6, 6.07) is 7.70. The number of hydrogen-bond donors (Lipinski definition) is 1. The van der Waals surface area contributed by atoms with Gasteiger partial charge in [-0.1, -0.05) is 31.2 Å². The molecule has 0 saturated carbocycles. The normalized spacial score (nSPS) is 12.3. The molecule has 0 amide bonds. The van der Waals surface area contributed by atoms with Gasteiger partial charge in [0.05, 0.1) is 0 Å². The van der Waals surface area contributed by atoms with Gasteiger partial charge in [-0.05, 0) is 24.5 Å². The van der Waals surface area contributed by atoms with Crippen LogP contribution in [0.1, 0.15) is 35.7 Å². The second-order valence-corrected chi connectivity index (χ2v) is 4.41. The van der Waals surface area contributed by atoms with Crippen LogP contribution >= 0.6 is 0 Å². The molecule has 0 saturated heterocycles. The molecule has 2 aromatic rings. The third-order valence-electron chi connectivity index (χ3n) is 3.07. The number of rotatable bonds is 5. The molecule has 5 heteroatoms. The Morgan fingerprint density at radius 3 is 2.68 bits per heavy atom. The van der Waals surface area contributed by atoms with E-state index in [1.54, 1.807) is 0 Å². The first-order chi connectivity index (χ1) is 9.11. The highest BCUT2D eigenvalue weighted by molar-refractivity contribution is 5.75. The van der Waals surface area contributed by atoms with Crippen LogP contribution in [0, 0.1) is 6.92 Å². The van der Waals surface area contributed by atoms with E-state index in [4.69, 9.17) is 4.42 Å². The van der Waals surface area contributed by atoms with Crippen molar-refractivity contribution in [3.63, 3.8) is 0 Å². The van der Waals surface area contributed by atoms with Crippen molar-refractivity contribution < 1.29 is 14.3 Å².